The normalized spacial score (nSPS) is 18.5. The molecule has 3 heterocycles. The van der Waals surface area contributed by atoms with Gasteiger partial charge in [0.15, 0.2) is 0 Å². The van der Waals surface area contributed by atoms with E-state index in [0.717, 1.165) is 19.5 Å². The summed E-state index contributed by atoms with van der Waals surface area (Å²) in [7, 11) is 0. The number of fused-ring (bicyclic) bond motifs is 2. The van der Waals surface area contributed by atoms with Crippen molar-refractivity contribution in [3.8, 4) is 0 Å². The largest absolute Gasteiger partial charge is 0.390 e. The van der Waals surface area contributed by atoms with Gasteiger partial charge in [-0.15, -0.1) is 0 Å². The van der Waals surface area contributed by atoms with Crippen molar-refractivity contribution in [1.82, 2.24) is 24.9 Å². The molecule has 35 heavy (non-hydrogen) atoms. The van der Waals surface area contributed by atoms with Gasteiger partial charge in [-0.3, -0.25) is 14.5 Å². The number of alkyl halides is 2. The van der Waals surface area contributed by atoms with Crippen LogP contribution < -0.4 is 10.6 Å². The number of hydrogen-bond donors (Lipinski definition) is 3. The zero-order valence-electron chi connectivity index (χ0n) is 19.1. The summed E-state index contributed by atoms with van der Waals surface area (Å²) in [4.78, 5) is 31.4. The molecule has 184 valence electrons. The number of β-amino-alcohol motifs (C(OH)–C–C–N with tert-alkyl or cyclic N) is 1. The number of carbonyl (C=O) groups is 2. The van der Waals surface area contributed by atoms with E-state index in [1.165, 1.54) is 29.6 Å². The van der Waals surface area contributed by atoms with Gasteiger partial charge in [-0.25, -0.2) is 13.8 Å². The fourth-order valence-electron chi connectivity index (χ4n) is 4.64. The lowest BCUT2D eigenvalue weighted by Crippen LogP contribution is -2.50. The predicted molar refractivity (Wildman–Crippen MR) is 124 cm³/mol. The second-order valence-electron chi connectivity index (χ2n) is 9.36. The first kappa shape index (κ1) is 23.4. The van der Waals surface area contributed by atoms with Crippen LogP contribution in [0.4, 0.5) is 8.78 Å². The summed E-state index contributed by atoms with van der Waals surface area (Å²) >= 11 is 0. The van der Waals surface area contributed by atoms with Crippen LogP contribution in [0.1, 0.15) is 44.8 Å². The maximum atomic E-state index is 13.0. The lowest BCUT2D eigenvalue weighted by Gasteiger charge is -2.35. The zero-order chi connectivity index (χ0) is 24.6. The van der Waals surface area contributed by atoms with Crippen LogP contribution in [-0.4, -0.2) is 68.9 Å². The topological polar surface area (TPSA) is 99.0 Å². The average Bonchev–Trinajstić information content (AvgIpc) is 3.25. The minimum Gasteiger partial charge on any atom is -0.390 e. The molecule has 3 N–H and O–H groups in total. The molecule has 2 aromatic heterocycles. The maximum absolute atomic E-state index is 13.0. The third kappa shape index (κ3) is 5.33. The van der Waals surface area contributed by atoms with E-state index in [9.17, 15) is 23.5 Å². The average molecular weight is 484 g/mol. The molecule has 0 unspecified atom stereocenters. The molecule has 5 rings (SSSR count). The molecule has 2 amide bonds. The molecule has 1 atom stereocenters. The molecule has 0 saturated heterocycles. The van der Waals surface area contributed by atoms with Crippen LogP contribution in [-0.2, 0) is 13.0 Å². The van der Waals surface area contributed by atoms with E-state index < -0.39 is 29.9 Å². The summed E-state index contributed by atoms with van der Waals surface area (Å²) in [6.07, 6.45) is 2.50. The van der Waals surface area contributed by atoms with E-state index in [1.807, 2.05) is 12.1 Å². The molecular formula is C25H27F2N5O3. The number of aromatic nitrogens is 2. The molecule has 2 aliphatic rings. The Labute approximate surface area is 201 Å². The highest BCUT2D eigenvalue weighted by Crippen LogP contribution is 2.37. The number of halogens is 2. The quantitative estimate of drug-likeness (QED) is 0.478. The van der Waals surface area contributed by atoms with E-state index in [2.05, 4.69) is 32.7 Å². The van der Waals surface area contributed by atoms with Crippen molar-refractivity contribution in [3.05, 3.63) is 71.2 Å². The first-order chi connectivity index (χ1) is 16.8. The van der Waals surface area contributed by atoms with Gasteiger partial charge in [0.05, 0.1) is 11.7 Å². The predicted octanol–water partition coefficient (Wildman–Crippen LogP) is 2.01. The van der Waals surface area contributed by atoms with Crippen molar-refractivity contribution in [1.29, 1.82) is 0 Å². The van der Waals surface area contributed by atoms with E-state index >= 15 is 0 Å². The van der Waals surface area contributed by atoms with Crippen molar-refractivity contribution in [3.63, 3.8) is 0 Å². The van der Waals surface area contributed by atoms with Gasteiger partial charge in [0, 0.05) is 57.5 Å². The summed E-state index contributed by atoms with van der Waals surface area (Å²) in [5.41, 5.74) is 3.51. The summed E-state index contributed by atoms with van der Waals surface area (Å²) in [5.74, 6) is -3.59. The van der Waals surface area contributed by atoms with Crippen LogP contribution >= 0.6 is 0 Å². The Hall–Kier alpha value is -3.37. The molecule has 1 aliphatic carbocycles. The summed E-state index contributed by atoms with van der Waals surface area (Å²) in [5, 5.41) is 15.7. The van der Waals surface area contributed by atoms with Gasteiger partial charge in [0.25, 0.3) is 17.7 Å². The number of amides is 2. The zero-order valence-corrected chi connectivity index (χ0v) is 19.1. The Morgan fingerprint density at radius 1 is 1.11 bits per heavy atom. The van der Waals surface area contributed by atoms with Crippen LogP contribution in [0.15, 0.2) is 48.8 Å². The highest BCUT2D eigenvalue weighted by Gasteiger charge is 2.46. The molecule has 1 saturated carbocycles. The molecule has 0 radical (unpaired) electrons. The monoisotopic (exact) mass is 483 g/mol. The molecule has 3 aromatic rings. The van der Waals surface area contributed by atoms with Gasteiger partial charge >= 0.3 is 0 Å². The highest BCUT2D eigenvalue weighted by molar-refractivity contribution is 5.95. The molecular weight excluding hydrogens is 456 g/mol. The van der Waals surface area contributed by atoms with Crippen LogP contribution in [0, 0.1) is 0 Å². The fraction of sp³-hybridized carbons (Fsp3) is 0.400. The van der Waals surface area contributed by atoms with Gasteiger partial charge in [-0.2, -0.15) is 0 Å². The van der Waals surface area contributed by atoms with Crippen LogP contribution in [0.2, 0.25) is 0 Å². The van der Waals surface area contributed by atoms with Gasteiger partial charge in [0.1, 0.15) is 11.3 Å². The molecule has 1 aliphatic heterocycles. The molecule has 0 bridgehead atoms. The van der Waals surface area contributed by atoms with Crippen molar-refractivity contribution in [2.75, 3.05) is 19.6 Å². The SMILES string of the molecule is O=C(NC1CC(F)(F)C1)c1ccc2nc(C(=O)NC[C@H](O)CN3CCc4ccccc4C3)cn2c1. The maximum Gasteiger partial charge on any atom is 0.271 e. The minimum absolute atomic E-state index is 0.0878. The lowest BCUT2D eigenvalue weighted by molar-refractivity contribution is -0.0901. The summed E-state index contributed by atoms with van der Waals surface area (Å²) in [6.45, 7) is 2.16. The number of nitrogens with zero attached hydrogens (tertiary/aromatic N) is 3. The Balaban J connectivity index is 1.14. The van der Waals surface area contributed by atoms with Gasteiger partial charge < -0.3 is 20.1 Å². The third-order valence-electron chi connectivity index (χ3n) is 6.55. The molecule has 1 fully saturated rings. The van der Waals surface area contributed by atoms with Gasteiger partial charge in [0.2, 0.25) is 0 Å². The Morgan fingerprint density at radius 3 is 2.66 bits per heavy atom. The number of benzene rings is 1. The Bertz CT molecular complexity index is 1250. The second-order valence-corrected chi connectivity index (χ2v) is 9.36. The van der Waals surface area contributed by atoms with Crippen LogP contribution in [0.3, 0.4) is 0 Å². The second kappa shape index (κ2) is 9.35. The molecule has 1 aromatic carbocycles. The van der Waals surface area contributed by atoms with E-state index in [4.69, 9.17) is 0 Å². The molecule has 10 heteroatoms. The highest BCUT2D eigenvalue weighted by atomic mass is 19.3. The van der Waals surface area contributed by atoms with Crippen LogP contribution in [0.25, 0.3) is 5.65 Å². The number of nitrogens with one attached hydrogen (secondary N) is 2. The smallest absolute Gasteiger partial charge is 0.271 e. The third-order valence-corrected chi connectivity index (χ3v) is 6.55. The fourth-order valence-corrected chi connectivity index (χ4v) is 4.64. The number of hydrogen-bond acceptors (Lipinski definition) is 5. The van der Waals surface area contributed by atoms with E-state index in [-0.39, 0.29) is 30.6 Å². The van der Waals surface area contributed by atoms with Gasteiger partial charge in [-0.1, -0.05) is 24.3 Å². The van der Waals surface area contributed by atoms with Crippen molar-refractivity contribution in [2.24, 2.45) is 0 Å². The number of imidazole rings is 1. The lowest BCUT2D eigenvalue weighted by atomic mass is 9.88. The number of aliphatic hydroxyl groups is 1. The van der Waals surface area contributed by atoms with E-state index in [1.54, 1.807) is 10.5 Å². The minimum atomic E-state index is -2.71. The number of carbonyl (C=O) groups excluding carboxylic acids is 2. The van der Waals surface area contributed by atoms with Crippen molar-refractivity contribution in [2.45, 2.75) is 43.9 Å². The van der Waals surface area contributed by atoms with Crippen LogP contribution in [0.5, 0.6) is 0 Å². The molecule has 0 spiro atoms. The first-order valence-corrected chi connectivity index (χ1v) is 11.7. The number of aliphatic hydroxyl groups excluding tert-OH is 1. The first-order valence-electron chi connectivity index (χ1n) is 11.7. The standard InChI is InChI=1S/C25H27F2N5O3/c26-25(27)9-19(10-25)29-23(34)18-5-6-22-30-21(15-32(22)13-18)24(35)28-11-20(33)14-31-8-7-16-3-1-2-4-17(16)12-31/h1-6,13,15,19-20,33H,7-12,14H2,(H,28,35)(H,29,34)/t20-/m0/s1. The number of pyridine rings is 1. The van der Waals surface area contributed by atoms with Crippen molar-refractivity contribution >= 4 is 17.5 Å². The molecule has 8 nitrogen and oxygen atoms in total. The van der Waals surface area contributed by atoms with Gasteiger partial charge in [-0.05, 0) is 29.7 Å². The number of rotatable bonds is 7. The summed E-state index contributed by atoms with van der Waals surface area (Å²) in [6, 6.07) is 10.9. The Morgan fingerprint density at radius 2 is 1.89 bits per heavy atom. The van der Waals surface area contributed by atoms with E-state index in [0.29, 0.717) is 12.2 Å². The van der Waals surface area contributed by atoms with Crippen molar-refractivity contribution < 1.29 is 23.5 Å². The summed E-state index contributed by atoms with van der Waals surface area (Å²) < 4.78 is 27.5. The Kier molecular flexibility index (Phi) is 6.24.